The Morgan fingerprint density at radius 3 is 2.60 bits per heavy atom. The van der Waals surface area contributed by atoms with Crippen LogP contribution in [0.1, 0.15) is 26.4 Å². The number of pyridine rings is 1. The minimum Gasteiger partial charge on any atom is -0.298 e. The van der Waals surface area contributed by atoms with Crippen LogP contribution in [0.2, 0.25) is 0 Å². The molecule has 0 N–H and O–H groups in total. The summed E-state index contributed by atoms with van der Waals surface area (Å²) in [7, 11) is 0. The topological polar surface area (TPSA) is 34.4 Å². The Morgan fingerprint density at radius 1 is 1.07 bits per heavy atom. The third kappa shape index (κ3) is 3.60. The standard InChI is InChI=1S/C24H17BrN2OS2/c1-15-5-7-16(8-6-15)14-29-24-21-20(26-19-4-2-3-13-27(19)21)23(30-24)22(28)17-9-11-18(25)12-10-17/h2-13H,14H2,1H3. The van der Waals surface area contributed by atoms with Crippen molar-refractivity contribution in [2.24, 2.45) is 0 Å². The zero-order chi connectivity index (χ0) is 20.7. The van der Waals surface area contributed by atoms with Gasteiger partial charge in [-0.15, -0.1) is 23.1 Å². The fourth-order valence-corrected chi connectivity index (χ4v) is 6.03. The molecule has 0 spiro atoms. The third-order valence-electron chi connectivity index (χ3n) is 4.94. The molecule has 0 unspecified atom stereocenters. The molecule has 30 heavy (non-hydrogen) atoms. The molecule has 3 nitrogen and oxygen atoms in total. The average Bonchev–Trinajstić information content (AvgIpc) is 3.31. The lowest BCUT2D eigenvalue weighted by Gasteiger charge is -2.02. The molecule has 0 amide bonds. The van der Waals surface area contributed by atoms with Gasteiger partial charge >= 0.3 is 0 Å². The number of hydrogen-bond acceptors (Lipinski definition) is 4. The highest BCUT2D eigenvalue weighted by molar-refractivity contribution is 9.10. The number of thiophene rings is 1. The minimum absolute atomic E-state index is 0.0168. The summed E-state index contributed by atoms with van der Waals surface area (Å²) in [5.74, 6) is 0.866. The molecule has 0 fully saturated rings. The first kappa shape index (κ1) is 19.5. The van der Waals surface area contributed by atoms with Gasteiger partial charge in [0.15, 0.2) is 0 Å². The molecule has 0 bridgehead atoms. The van der Waals surface area contributed by atoms with Gasteiger partial charge in [-0.1, -0.05) is 51.8 Å². The summed E-state index contributed by atoms with van der Waals surface area (Å²) in [5, 5.41) is 0. The van der Waals surface area contributed by atoms with Gasteiger partial charge in [0.2, 0.25) is 5.78 Å². The number of imidazole rings is 1. The van der Waals surface area contributed by atoms with Crippen LogP contribution in [0.15, 0.2) is 81.6 Å². The number of aryl methyl sites for hydroxylation is 1. The predicted octanol–water partition coefficient (Wildman–Crippen LogP) is 7.14. The third-order valence-corrected chi connectivity index (χ3v) is 7.96. The second kappa shape index (κ2) is 8.02. The van der Waals surface area contributed by atoms with E-state index in [-0.39, 0.29) is 5.78 Å². The van der Waals surface area contributed by atoms with Crippen LogP contribution in [0.3, 0.4) is 0 Å². The van der Waals surface area contributed by atoms with Gasteiger partial charge in [0.25, 0.3) is 0 Å². The number of thioether (sulfide) groups is 1. The largest absolute Gasteiger partial charge is 0.298 e. The number of rotatable bonds is 5. The van der Waals surface area contributed by atoms with Crippen molar-refractivity contribution in [3.63, 3.8) is 0 Å². The molecule has 0 saturated heterocycles. The number of carbonyl (C=O) groups is 1. The molecule has 148 valence electrons. The van der Waals surface area contributed by atoms with Crippen molar-refractivity contribution in [3.8, 4) is 0 Å². The number of carbonyl (C=O) groups excluding carboxylic acids is 1. The van der Waals surface area contributed by atoms with E-state index in [0.717, 1.165) is 31.1 Å². The van der Waals surface area contributed by atoms with Crippen LogP contribution < -0.4 is 0 Å². The zero-order valence-corrected chi connectivity index (χ0v) is 19.4. The maximum atomic E-state index is 13.3. The summed E-state index contributed by atoms with van der Waals surface area (Å²) in [5.41, 5.74) is 5.86. The summed E-state index contributed by atoms with van der Waals surface area (Å²) in [4.78, 5) is 18.8. The molecule has 0 aliphatic carbocycles. The highest BCUT2D eigenvalue weighted by Gasteiger charge is 2.23. The van der Waals surface area contributed by atoms with E-state index in [0.29, 0.717) is 10.4 Å². The first-order valence-electron chi connectivity index (χ1n) is 9.48. The molecule has 0 aliphatic heterocycles. The van der Waals surface area contributed by atoms with Gasteiger partial charge in [-0.3, -0.25) is 9.20 Å². The SMILES string of the molecule is Cc1ccc(CSc2sc(C(=O)c3ccc(Br)cc3)c3nc4ccccn4c23)cc1. The molecule has 3 heterocycles. The summed E-state index contributed by atoms with van der Waals surface area (Å²) >= 11 is 6.74. The highest BCUT2D eigenvalue weighted by atomic mass is 79.9. The molecule has 0 aliphatic rings. The predicted molar refractivity (Wildman–Crippen MR) is 129 cm³/mol. The first-order chi connectivity index (χ1) is 14.6. The average molecular weight is 493 g/mol. The number of aromatic nitrogens is 2. The number of ketones is 1. The van der Waals surface area contributed by atoms with Crippen molar-refractivity contribution in [2.45, 2.75) is 16.9 Å². The Hall–Kier alpha value is -2.41. The molecule has 3 aromatic heterocycles. The fraction of sp³-hybridized carbons (Fsp3) is 0.0833. The van der Waals surface area contributed by atoms with Crippen LogP contribution in [0.25, 0.3) is 16.7 Å². The van der Waals surface area contributed by atoms with Crippen molar-refractivity contribution >= 4 is 61.5 Å². The molecule has 0 saturated carbocycles. The van der Waals surface area contributed by atoms with Crippen molar-refractivity contribution in [2.75, 3.05) is 0 Å². The molecule has 2 aromatic carbocycles. The normalized spacial score (nSPS) is 11.4. The highest BCUT2D eigenvalue weighted by Crippen LogP contribution is 2.40. The Bertz CT molecular complexity index is 1370. The molecular weight excluding hydrogens is 476 g/mol. The van der Waals surface area contributed by atoms with E-state index in [1.54, 1.807) is 23.1 Å². The number of fused-ring (bicyclic) bond motifs is 3. The van der Waals surface area contributed by atoms with Crippen LogP contribution >= 0.6 is 39.0 Å². The lowest BCUT2D eigenvalue weighted by Crippen LogP contribution is -1.98. The number of nitrogens with zero attached hydrogens (tertiary/aromatic N) is 2. The molecule has 0 atom stereocenters. The number of benzene rings is 2. The monoisotopic (exact) mass is 492 g/mol. The molecule has 0 radical (unpaired) electrons. The van der Waals surface area contributed by atoms with E-state index >= 15 is 0 Å². The number of hydrogen-bond donors (Lipinski definition) is 0. The smallest absolute Gasteiger partial charge is 0.205 e. The number of halogens is 1. The molecule has 6 heteroatoms. The van der Waals surface area contributed by atoms with Crippen molar-refractivity contribution in [3.05, 3.63) is 99.0 Å². The van der Waals surface area contributed by atoms with Gasteiger partial charge in [0.05, 0.1) is 9.73 Å². The van der Waals surface area contributed by atoms with Crippen molar-refractivity contribution in [1.29, 1.82) is 0 Å². The Labute approximate surface area is 190 Å². The fourth-order valence-electron chi connectivity index (χ4n) is 3.36. The summed E-state index contributed by atoms with van der Waals surface area (Å²) < 4.78 is 4.16. The molecule has 5 aromatic rings. The van der Waals surface area contributed by atoms with Gasteiger partial charge < -0.3 is 0 Å². The van der Waals surface area contributed by atoms with Gasteiger partial charge in [0, 0.05) is 22.0 Å². The van der Waals surface area contributed by atoms with Crippen LogP contribution in [0.4, 0.5) is 0 Å². The van der Waals surface area contributed by atoms with Crippen molar-refractivity contribution in [1.82, 2.24) is 9.38 Å². The zero-order valence-electron chi connectivity index (χ0n) is 16.1. The summed E-state index contributed by atoms with van der Waals surface area (Å²) in [6.45, 7) is 2.10. The minimum atomic E-state index is 0.0168. The summed E-state index contributed by atoms with van der Waals surface area (Å²) in [6.07, 6.45) is 2.02. The van der Waals surface area contributed by atoms with E-state index in [1.807, 2.05) is 48.7 Å². The molecular formula is C24H17BrN2OS2. The second-order valence-electron chi connectivity index (χ2n) is 7.07. The molecule has 5 rings (SSSR count). The van der Waals surface area contributed by atoms with E-state index < -0.39 is 0 Å². The Morgan fingerprint density at radius 2 is 1.83 bits per heavy atom. The van der Waals surface area contributed by atoms with E-state index in [4.69, 9.17) is 4.98 Å². The maximum absolute atomic E-state index is 13.3. The maximum Gasteiger partial charge on any atom is 0.205 e. The Balaban J connectivity index is 1.60. The van der Waals surface area contributed by atoms with Gasteiger partial charge in [-0.2, -0.15) is 0 Å². The first-order valence-corrected chi connectivity index (χ1v) is 12.1. The van der Waals surface area contributed by atoms with E-state index in [2.05, 4.69) is 51.5 Å². The Kier molecular flexibility index (Phi) is 5.23. The van der Waals surface area contributed by atoms with Crippen LogP contribution in [-0.2, 0) is 5.75 Å². The lowest BCUT2D eigenvalue weighted by atomic mass is 10.1. The van der Waals surface area contributed by atoms with Gasteiger partial charge in [0.1, 0.15) is 16.0 Å². The van der Waals surface area contributed by atoms with E-state index in [9.17, 15) is 4.79 Å². The lowest BCUT2D eigenvalue weighted by molar-refractivity contribution is 0.104. The van der Waals surface area contributed by atoms with Crippen LogP contribution in [0.5, 0.6) is 0 Å². The van der Waals surface area contributed by atoms with Gasteiger partial charge in [-0.05, 0) is 48.9 Å². The second-order valence-corrected chi connectivity index (χ2v) is 10.2. The van der Waals surface area contributed by atoms with Crippen LogP contribution in [-0.4, -0.2) is 15.2 Å². The quantitative estimate of drug-likeness (QED) is 0.193. The van der Waals surface area contributed by atoms with Crippen LogP contribution in [0, 0.1) is 6.92 Å². The van der Waals surface area contributed by atoms with Crippen molar-refractivity contribution < 1.29 is 4.79 Å². The summed E-state index contributed by atoms with van der Waals surface area (Å²) in [6, 6.07) is 22.0. The van der Waals surface area contributed by atoms with E-state index in [1.165, 1.54) is 11.1 Å². The van der Waals surface area contributed by atoms with Gasteiger partial charge in [-0.25, -0.2) is 4.98 Å².